The Balaban J connectivity index is 1.39. The maximum Gasteiger partial charge on any atom is 0.224 e. The largest absolute Gasteiger partial charge is 0.463 e. The van der Waals surface area contributed by atoms with Gasteiger partial charge in [-0.05, 0) is 54.8 Å². The number of aliphatic imine (C=N–C) groups is 1. The van der Waals surface area contributed by atoms with Gasteiger partial charge in [0.2, 0.25) is 5.95 Å². The van der Waals surface area contributed by atoms with Crippen LogP contribution in [0.1, 0.15) is 6.92 Å². The molecule has 0 fully saturated rings. The molecular weight excluding hydrogens is 394 g/mol. The molecule has 0 bridgehead atoms. The third-order valence-corrected chi connectivity index (χ3v) is 5.13. The second kappa shape index (κ2) is 8.41. The van der Waals surface area contributed by atoms with Gasteiger partial charge >= 0.3 is 0 Å². The average Bonchev–Trinajstić information content (AvgIpc) is 3.38. The molecule has 0 amide bonds. The van der Waals surface area contributed by atoms with Crippen molar-refractivity contribution in [1.82, 2.24) is 9.97 Å². The van der Waals surface area contributed by atoms with Crippen molar-refractivity contribution in [3.05, 3.63) is 59.1 Å². The van der Waals surface area contributed by atoms with E-state index < -0.39 is 0 Å². The molecule has 0 saturated heterocycles. The number of aromatic nitrogens is 2. The normalized spacial score (nSPS) is 11.7. The fourth-order valence-corrected chi connectivity index (χ4v) is 3.65. The Morgan fingerprint density at radius 2 is 2.04 bits per heavy atom. The van der Waals surface area contributed by atoms with Crippen LogP contribution in [0.15, 0.2) is 63.5 Å². The Hall–Kier alpha value is -2.90. The van der Waals surface area contributed by atoms with Crippen molar-refractivity contribution >= 4 is 50.6 Å². The molecule has 1 aromatic carbocycles. The predicted molar refractivity (Wildman–Crippen MR) is 117 cm³/mol. The number of amidine groups is 1. The Morgan fingerprint density at radius 1 is 1.18 bits per heavy atom. The molecule has 0 aliphatic carbocycles. The summed E-state index contributed by atoms with van der Waals surface area (Å²) >= 11 is 7.50. The summed E-state index contributed by atoms with van der Waals surface area (Å²) in [5.41, 5.74) is 2.66. The van der Waals surface area contributed by atoms with Crippen LogP contribution in [0.5, 0.6) is 0 Å². The summed E-state index contributed by atoms with van der Waals surface area (Å²) in [6, 6.07) is 13.3. The van der Waals surface area contributed by atoms with Crippen molar-refractivity contribution in [2.24, 2.45) is 4.99 Å². The minimum absolute atomic E-state index is 0.566. The number of rotatable bonds is 6. The van der Waals surface area contributed by atoms with Gasteiger partial charge in [-0.25, -0.2) is 9.97 Å². The third-order valence-electron chi connectivity index (χ3n) is 3.97. The standard InChI is InChI=1S/C20H18ClN5OS/c1-13(24-15-6-4-14(21)5-7-15)22-9-10-23-20-25-16-8-12-28-19(16)18(26-20)17-3-2-11-27-17/h2-8,11-12H,9-10H2,1H3,(H,22,24)(H,23,25,26). The zero-order valence-electron chi connectivity index (χ0n) is 15.1. The van der Waals surface area contributed by atoms with Gasteiger partial charge in [0.05, 0.1) is 28.9 Å². The first-order valence-electron chi connectivity index (χ1n) is 8.76. The van der Waals surface area contributed by atoms with E-state index >= 15 is 0 Å². The summed E-state index contributed by atoms with van der Waals surface area (Å²) in [7, 11) is 0. The first-order valence-corrected chi connectivity index (χ1v) is 10.0. The van der Waals surface area contributed by atoms with Crippen LogP contribution in [-0.2, 0) is 0 Å². The molecule has 4 aromatic rings. The molecule has 0 atom stereocenters. The number of fused-ring (bicyclic) bond motifs is 1. The topological polar surface area (TPSA) is 75.3 Å². The average molecular weight is 412 g/mol. The highest BCUT2D eigenvalue weighted by Gasteiger charge is 2.12. The molecule has 6 nitrogen and oxygen atoms in total. The highest BCUT2D eigenvalue weighted by Crippen LogP contribution is 2.31. The molecule has 3 aromatic heterocycles. The second-order valence-electron chi connectivity index (χ2n) is 6.03. The van der Waals surface area contributed by atoms with Crippen molar-refractivity contribution < 1.29 is 4.42 Å². The van der Waals surface area contributed by atoms with Gasteiger partial charge in [0.25, 0.3) is 0 Å². The molecular formula is C20H18ClN5OS. The minimum atomic E-state index is 0.566. The number of hydrogen-bond donors (Lipinski definition) is 2. The van der Waals surface area contributed by atoms with Crippen LogP contribution in [0, 0.1) is 0 Å². The monoisotopic (exact) mass is 411 g/mol. The summed E-state index contributed by atoms with van der Waals surface area (Å²) in [5.74, 6) is 2.13. The van der Waals surface area contributed by atoms with Crippen molar-refractivity contribution in [3.63, 3.8) is 0 Å². The zero-order valence-corrected chi connectivity index (χ0v) is 16.7. The summed E-state index contributed by atoms with van der Waals surface area (Å²) < 4.78 is 6.54. The highest BCUT2D eigenvalue weighted by molar-refractivity contribution is 7.17. The van der Waals surface area contributed by atoms with Gasteiger partial charge in [0.15, 0.2) is 5.76 Å². The quantitative estimate of drug-likeness (QED) is 0.247. The van der Waals surface area contributed by atoms with Crippen molar-refractivity contribution in [2.45, 2.75) is 6.92 Å². The predicted octanol–water partition coefficient (Wildman–Crippen LogP) is 5.55. The first kappa shape index (κ1) is 18.5. The third kappa shape index (κ3) is 4.32. The van der Waals surface area contributed by atoms with Crippen LogP contribution in [0.4, 0.5) is 11.6 Å². The summed E-state index contributed by atoms with van der Waals surface area (Å²) in [5, 5.41) is 9.20. The van der Waals surface area contributed by atoms with E-state index in [9.17, 15) is 0 Å². The van der Waals surface area contributed by atoms with Gasteiger partial charge in [-0.2, -0.15) is 0 Å². The second-order valence-corrected chi connectivity index (χ2v) is 7.39. The molecule has 0 aliphatic rings. The van der Waals surface area contributed by atoms with E-state index in [2.05, 4.69) is 25.6 Å². The molecule has 2 N–H and O–H groups in total. The molecule has 0 unspecified atom stereocenters. The summed E-state index contributed by atoms with van der Waals surface area (Å²) in [4.78, 5) is 13.7. The number of furan rings is 1. The maximum absolute atomic E-state index is 5.90. The van der Waals surface area contributed by atoms with Crippen LogP contribution in [-0.4, -0.2) is 28.9 Å². The Kier molecular flexibility index (Phi) is 5.55. The molecule has 0 aliphatic heterocycles. The van der Waals surface area contributed by atoms with Gasteiger partial charge < -0.3 is 15.1 Å². The van der Waals surface area contributed by atoms with Gasteiger partial charge in [0.1, 0.15) is 5.69 Å². The van der Waals surface area contributed by atoms with Crippen LogP contribution in [0.25, 0.3) is 21.7 Å². The number of anilines is 2. The zero-order chi connectivity index (χ0) is 19.3. The fourth-order valence-electron chi connectivity index (χ4n) is 2.70. The SMILES string of the molecule is CC(=NCCNc1nc(-c2ccco2)c2sccc2n1)Nc1ccc(Cl)cc1. The highest BCUT2D eigenvalue weighted by atomic mass is 35.5. The number of nitrogens with one attached hydrogen (secondary N) is 2. The summed E-state index contributed by atoms with van der Waals surface area (Å²) in [6.07, 6.45) is 1.65. The molecule has 28 heavy (non-hydrogen) atoms. The number of thiophene rings is 1. The lowest BCUT2D eigenvalue weighted by molar-refractivity contribution is 0.581. The Morgan fingerprint density at radius 3 is 2.82 bits per heavy atom. The van der Waals surface area contributed by atoms with E-state index in [1.807, 2.05) is 54.8 Å². The van der Waals surface area contributed by atoms with E-state index in [0.717, 1.165) is 33.2 Å². The maximum atomic E-state index is 5.90. The Labute approximate surface area is 171 Å². The molecule has 0 spiro atoms. The molecule has 0 radical (unpaired) electrons. The van der Waals surface area contributed by atoms with Gasteiger partial charge in [-0.3, -0.25) is 4.99 Å². The summed E-state index contributed by atoms with van der Waals surface area (Å²) in [6.45, 7) is 3.14. The lowest BCUT2D eigenvalue weighted by Crippen LogP contribution is -2.12. The van der Waals surface area contributed by atoms with Crippen LogP contribution >= 0.6 is 22.9 Å². The molecule has 0 saturated carbocycles. The van der Waals surface area contributed by atoms with Crippen LogP contribution in [0.2, 0.25) is 5.02 Å². The van der Waals surface area contributed by atoms with E-state index in [1.54, 1.807) is 17.6 Å². The van der Waals surface area contributed by atoms with Crippen molar-refractivity contribution in [3.8, 4) is 11.5 Å². The van der Waals surface area contributed by atoms with E-state index in [-0.39, 0.29) is 0 Å². The minimum Gasteiger partial charge on any atom is -0.463 e. The molecule has 3 heterocycles. The number of nitrogens with zero attached hydrogens (tertiary/aromatic N) is 3. The lowest BCUT2D eigenvalue weighted by Gasteiger charge is -2.08. The molecule has 8 heteroatoms. The van der Waals surface area contributed by atoms with E-state index in [4.69, 9.17) is 16.0 Å². The number of hydrogen-bond acceptors (Lipinski definition) is 6. The van der Waals surface area contributed by atoms with E-state index in [1.165, 1.54) is 0 Å². The lowest BCUT2D eigenvalue weighted by atomic mass is 10.3. The van der Waals surface area contributed by atoms with Crippen molar-refractivity contribution in [2.75, 3.05) is 23.7 Å². The van der Waals surface area contributed by atoms with Crippen molar-refractivity contribution in [1.29, 1.82) is 0 Å². The molecule has 142 valence electrons. The Bertz CT molecular complexity index is 1090. The van der Waals surface area contributed by atoms with Crippen LogP contribution in [0.3, 0.4) is 0 Å². The van der Waals surface area contributed by atoms with E-state index in [0.29, 0.717) is 24.1 Å². The fraction of sp³-hybridized carbons (Fsp3) is 0.150. The first-order chi connectivity index (χ1) is 13.7. The number of benzene rings is 1. The van der Waals surface area contributed by atoms with Gasteiger partial charge in [0, 0.05) is 17.3 Å². The smallest absolute Gasteiger partial charge is 0.224 e. The molecule has 4 rings (SSSR count). The van der Waals surface area contributed by atoms with Gasteiger partial charge in [-0.15, -0.1) is 11.3 Å². The van der Waals surface area contributed by atoms with Gasteiger partial charge in [-0.1, -0.05) is 11.6 Å². The van der Waals surface area contributed by atoms with Crippen LogP contribution < -0.4 is 10.6 Å². The number of halogens is 1.